The minimum Gasteiger partial charge on any atom is -0.478 e. The first-order valence-electron chi connectivity index (χ1n) is 5.55. The van der Waals surface area contributed by atoms with Crippen LogP contribution in [-0.2, 0) is 9.59 Å². The molecule has 0 atom stereocenters. The van der Waals surface area contributed by atoms with Crippen molar-refractivity contribution in [3.63, 3.8) is 0 Å². The number of hydrogen-bond donors (Lipinski definition) is 4. The molecule has 20 heavy (non-hydrogen) atoms. The van der Waals surface area contributed by atoms with E-state index in [9.17, 15) is 9.59 Å². The predicted molar refractivity (Wildman–Crippen MR) is 79.6 cm³/mol. The van der Waals surface area contributed by atoms with Crippen LogP contribution in [0.2, 0.25) is 0 Å². The third kappa shape index (κ3) is 72.9. The molecule has 0 aliphatic rings. The van der Waals surface area contributed by atoms with Gasteiger partial charge in [-0.25, -0.2) is 9.59 Å². The van der Waals surface area contributed by atoms with Crippen LogP contribution >= 0.6 is 0 Å². The number of carboxylic acid groups (broad SMARTS) is 2. The summed E-state index contributed by atoms with van der Waals surface area (Å²) in [4.78, 5) is 19.2. The van der Waals surface area contributed by atoms with Gasteiger partial charge >= 0.3 is 11.9 Å². The summed E-state index contributed by atoms with van der Waals surface area (Å²) in [5.74, 6) is -1.87. The molecule has 0 bridgehead atoms. The quantitative estimate of drug-likeness (QED) is 0.466. The average molecular weight is 290 g/mol. The molecule has 0 rings (SSSR count). The second-order valence-corrected chi connectivity index (χ2v) is 3.83. The summed E-state index contributed by atoms with van der Waals surface area (Å²) in [5.41, 5.74) is 1.52. The number of aliphatic carboxylic acids is 2. The van der Waals surface area contributed by atoms with Crippen LogP contribution in [0.25, 0.3) is 0 Å². The van der Waals surface area contributed by atoms with Crippen LogP contribution in [0.5, 0.6) is 0 Å². The minimum atomic E-state index is -0.935. The van der Waals surface area contributed by atoms with Crippen LogP contribution in [-0.4, -0.2) is 45.6 Å². The summed E-state index contributed by atoms with van der Waals surface area (Å²) >= 11 is 0. The van der Waals surface area contributed by atoms with Crippen molar-refractivity contribution in [2.75, 3.05) is 13.2 Å². The largest absolute Gasteiger partial charge is 0.478 e. The molecule has 0 saturated heterocycles. The molecule has 4 N–H and O–H groups in total. The standard InChI is InChI=1S/2C4H6O2.C4H8.C2H6O2/c2*1-3(2)4(5)6;1-4(2)3;3-1-2-4/h2*1H2,2H3,(H,5,6);1H2,2-3H3;3-4H,1-2H2. The molecule has 0 amide bonds. The Hall–Kier alpha value is -1.92. The fourth-order valence-electron chi connectivity index (χ4n) is 0. The van der Waals surface area contributed by atoms with Gasteiger partial charge in [-0.1, -0.05) is 18.7 Å². The number of aliphatic hydroxyl groups excluding tert-OH is 2. The Morgan fingerprint density at radius 2 is 0.850 bits per heavy atom. The normalized spacial score (nSPS) is 7.30. The third-order valence-corrected chi connectivity index (χ3v) is 0.830. The van der Waals surface area contributed by atoms with E-state index < -0.39 is 11.9 Å². The Bertz CT molecular complexity index is 264. The number of carboxylic acids is 2. The van der Waals surface area contributed by atoms with E-state index >= 15 is 0 Å². The summed E-state index contributed by atoms with van der Waals surface area (Å²) in [6.45, 7) is 16.5. The molecule has 0 saturated carbocycles. The van der Waals surface area contributed by atoms with E-state index in [0.717, 1.165) is 0 Å². The number of aliphatic hydroxyl groups is 2. The van der Waals surface area contributed by atoms with Gasteiger partial charge in [0.15, 0.2) is 0 Å². The maximum atomic E-state index is 9.60. The second-order valence-electron chi connectivity index (χ2n) is 3.83. The first-order chi connectivity index (χ1) is 8.93. The molecule has 0 heterocycles. The van der Waals surface area contributed by atoms with Crippen molar-refractivity contribution in [3.05, 3.63) is 36.5 Å². The molecule has 0 radical (unpaired) electrons. The molecule has 0 aromatic carbocycles. The van der Waals surface area contributed by atoms with Crippen LogP contribution in [0.3, 0.4) is 0 Å². The van der Waals surface area contributed by atoms with E-state index in [4.69, 9.17) is 20.4 Å². The first kappa shape index (κ1) is 26.6. The molecular formula is C14H26O6. The van der Waals surface area contributed by atoms with Gasteiger partial charge in [-0.05, 0) is 27.7 Å². The topological polar surface area (TPSA) is 115 Å². The Morgan fingerprint density at radius 1 is 0.750 bits per heavy atom. The molecule has 0 aliphatic carbocycles. The molecule has 0 aromatic heterocycles. The van der Waals surface area contributed by atoms with E-state index in [0.29, 0.717) is 0 Å². The Labute approximate surface area is 120 Å². The lowest BCUT2D eigenvalue weighted by Crippen LogP contribution is -1.92. The van der Waals surface area contributed by atoms with Crippen molar-refractivity contribution in [2.24, 2.45) is 0 Å². The molecule has 0 unspecified atom stereocenters. The van der Waals surface area contributed by atoms with E-state index in [-0.39, 0.29) is 24.4 Å². The predicted octanol–water partition coefficient (Wildman–Crippen LogP) is 1.85. The van der Waals surface area contributed by atoms with Crippen molar-refractivity contribution >= 4 is 11.9 Å². The van der Waals surface area contributed by atoms with Crippen LogP contribution in [0.15, 0.2) is 36.5 Å². The zero-order valence-electron chi connectivity index (χ0n) is 12.6. The summed E-state index contributed by atoms with van der Waals surface area (Å²) in [6, 6.07) is 0. The van der Waals surface area contributed by atoms with Crippen LogP contribution in [0, 0.1) is 0 Å². The van der Waals surface area contributed by atoms with Gasteiger partial charge in [0, 0.05) is 11.1 Å². The maximum Gasteiger partial charge on any atom is 0.330 e. The van der Waals surface area contributed by atoms with Crippen LogP contribution < -0.4 is 0 Å². The zero-order valence-corrected chi connectivity index (χ0v) is 12.6. The number of rotatable bonds is 3. The van der Waals surface area contributed by atoms with Crippen LogP contribution in [0.1, 0.15) is 27.7 Å². The molecule has 6 heteroatoms. The van der Waals surface area contributed by atoms with Crippen molar-refractivity contribution in [2.45, 2.75) is 27.7 Å². The fraction of sp³-hybridized carbons (Fsp3) is 0.429. The second kappa shape index (κ2) is 19.4. The van der Waals surface area contributed by atoms with E-state index in [1.54, 1.807) is 0 Å². The minimum absolute atomic E-state index is 0.125. The SMILES string of the molecule is C=C(C)C.C=C(C)C(=O)O.C=C(C)C(=O)O.OCCO. The van der Waals surface area contributed by atoms with E-state index in [2.05, 4.69) is 19.7 Å². The highest BCUT2D eigenvalue weighted by molar-refractivity contribution is 5.85. The Kier molecular flexibility index (Phi) is 25.8. The molecule has 0 spiro atoms. The molecule has 0 fully saturated rings. The van der Waals surface area contributed by atoms with Gasteiger partial charge in [-0.15, -0.1) is 6.58 Å². The van der Waals surface area contributed by atoms with Crippen LogP contribution in [0.4, 0.5) is 0 Å². The van der Waals surface area contributed by atoms with Gasteiger partial charge in [-0.3, -0.25) is 0 Å². The summed E-state index contributed by atoms with van der Waals surface area (Å²) in [7, 11) is 0. The lowest BCUT2D eigenvalue weighted by Gasteiger charge is -1.79. The van der Waals surface area contributed by atoms with Gasteiger partial charge < -0.3 is 20.4 Å². The maximum absolute atomic E-state index is 9.60. The van der Waals surface area contributed by atoms with Crippen molar-refractivity contribution in [1.29, 1.82) is 0 Å². The van der Waals surface area contributed by atoms with Crippen molar-refractivity contribution in [3.8, 4) is 0 Å². The fourth-order valence-corrected chi connectivity index (χ4v) is 0. The monoisotopic (exact) mass is 290 g/mol. The Balaban J connectivity index is -0.0000000871. The Morgan fingerprint density at radius 3 is 0.850 bits per heavy atom. The molecular weight excluding hydrogens is 264 g/mol. The zero-order chi connectivity index (χ0) is 17.3. The molecule has 6 nitrogen and oxygen atoms in total. The van der Waals surface area contributed by atoms with Gasteiger partial charge in [0.25, 0.3) is 0 Å². The molecule has 0 aliphatic heterocycles. The smallest absolute Gasteiger partial charge is 0.330 e. The first-order valence-corrected chi connectivity index (χ1v) is 5.55. The number of carbonyl (C=O) groups is 2. The van der Waals surface area contributed by atoms with Gasteiger partial charge in [0.05, 0.1) is 13.2 Å². The van der Waals surface area contributed by atoms with Crippen molar-refractivity contribution < 1.29 is 30.0 Å². The van der Waals surface area contributed by atoms with Gasteiger partial charge in [-0.2, -0.15) is 0 Å². The number of allylic oxidation sites excluding steroid dienone is 1. The lowest BCUT2D eigenvalue weighted by atomic mass is 10.4. The average Bonchev–Trinajstić information content (AvgIpc) is 2.29. The highest BCUT2D eigenvalue weighted by Crippen LogP contribution is 1.81. The highest BCUT2D eigenvalue weighted by Gasteiger charge is 1.90. The number of hydrogen-bond acceptors (Lipinski definition) is 4. The lowest BCUT2D eigenvalue weighted by molar-refractivity contribution is -0.133. The summed E-state index contributed by atoms with van der Waals surface area (Å²) in [6.07, 6.45) is 0. The summed E-state index contributed by atoms with van der Waals surface area (Å²) < 4.78 is 0. The van der Waals surface area contributed by atoms with Crippen molar-refractivity contribution in [1.82, 2.24) is 0 Å². The molecule has 0 aromatic rings. The van der Waals surface area contributed by atoms with E-state index in [1.807, 2.05) is 13.8 Å². The van der Waals surface area contributed by atoms with E-state index in [1.165, 1.54) is 19.4 Å². The third-order valence-electron chi connectivity index (χ3n) is 0.830. The van der Waals surface area contributed by atoms with Gasteiger partial charge in [0.1, 0.15) is 0 Å². The molecule has 118 valence electrons. The highest BCUT2D eigenvalue weighted by atomic mass is 16.4. The van der Waals surface area contributed by atoms with Gasteiger partial charge in [0.2, 0.25) is 0 Å². The summed E-state index contributed by atoms with van der Waals surface area (Å²) in [5, 5.41) is 31.0.